The van der Waals surface area contributed by atoms with Crippen LogP contribution in [0.2, 0.25) is 0 Å². The maximum absolute atomic E-state index is 9.33. The van der Waals surface area contributed by atoms with Crippen LogP contribution < -0.4 is 10.1 Å². The number of ether oxygens (including phenoxy) is 1. The summed E-state index contributed by atoms with van der Waals surface area (Å²) in [4.78, 5) is 0. The lowest BCUT2D eigenvalue weighted by atomic mass is 10.0. The van der Waals surface area contributed by atoms with Crippen molar-refractivity contribution < 1.29 is 9.84 Å². The van der Waals surface area contributed by atoms with Crippen molar-refractivity contribution in [2.24, 2.45) is 5.41 Å². The maximum atomic E-state index is 9.33. The Morgan fingerprint density at radius 1 is 1.39 bits per heavy atom. The smallest absolute Gasteiger partial charge is 0.141 e. The Kier molecular flexibility index (Phi) is 3.81. The van der Waals surface area contributed by atoms with Crippen molar-refractivity contribution in [3.05, 3.63) is 23.8 Å². The van der Waals surface area contributed by atoms with Crippen LogP contribution in [0, 0.1) is 5.41 Å². The normalized spacial score (nSPS) is 16.7. The highest BCUT2D eigenvalue weighted by atomic mass is 16.5. The molecule has 0 spiro atoms. The highest BCUT2D eigenvalue weighted by molar-refractivity contribution is 5.58. The van der Waals surface area contributed by atoms with Crippen molar-refractivity contribution in [3.63, 3.8) is 0 Å². The lowest BCUT2D eigenvalue weighted by molar-refractivity contribution is 0.219. The second kappa shape index (κ2) is 5.19. The number of methoxy groups -OCH3 is 1. The van der Waals surface area contributed by atoms with Crippen LogP contribution in [-0.4, -0.2) is 25.4 Å². The summed E-state index contributed by atoms with van der Waals surface area (Å²) in [5.41, 5.74) is 2.44. The topological polar surface area (TPSA) is 41.5 Å². The summed E-state index contributed by atoms with van der Waals surface area (Å²) in [5, 5.41) is 12.8. The quantitative estimate of drug-likeness (QED) is 0.814. The van der Waals surface area contributed by atoms with Crippen molar-refractivity contribution in [2.75, 3.05) is 25.6 Å². The molecule has 0 aromatic heterocycles. The Bertz CT molecular complexity index is 411. The highest BCUT2D eigenvalue weighted by Crippen LogP contribution is 2.45. The van der Waals surface area contributed by atoms with Crippen LogP contribution in [0.4, 0.5) is 5.69 Å². The molecule has 1 aromatic rings. The van der Waals surface area contributed by atoms with Gasteiger partial charge in [0.05, 0.1) is 19.4 Å². The van der Waals surface area contributed by atoms with Gasteiger partial charge < -0.3 is 15.2 Å². The molecule has 0 amide bonds. The zero-order valence-corrected chi connectivity index (χ0v) is 11.5. The van der Waals surface area contributed by atoms with E-state index in [1.165, 1.54) is 5.56 Å². The summed E-state index contributed by atoms with van der Waals surface area (Å²) in [6.45, 7) is 5.46. The Balaban J connectivity index is 2.11. The number of rotatable bonds is 6. The number of hydrogen-bond donors (Lipinski definition) is 2. The molecule has 2 N–H and O–H groups in total. The zero-order chi connectivity index (χ0) is 13.2. The molecule has 1 aliphatic carbocycles. The average Bonchev–Trinajstić information content (AvgIpc) is 3.16. The molecule has 0 aliphatic heterocycles. The molecule has 3 heteroatoms. The van der Waals surface area contributed by atoms with Gasteiger partial charge in [0.2, 0.25) is 0 Å². The molecule has 0 unspecified atom stereocenters. The van der Waals surface area contributed by atoms with Gasteiger partial charge in [-0.15, -0.1) is 0 Å². The molecule has 1 fully saturated rings. The first kappa shape index (κ1) is 13.2. The highest BCUT2D eigenvalue weighted by Gasteiger charge is 2.41. The Hall–Kier alpha value is -1.22. The van der Waals surface area contributed by atoms with Crippen molar-refractivity contribution in [2.45, 2.75) is 32.6 Å². The fourth-order valence-electron chi connectivity index (χ4n) is 2.07. The van der Waals surface area contributed by atoms with Gasteiger partial charge in [-0.2, -0.15) is 0 Å². The third-order valence-corrected chi connectivity index (χ3v) is 3.84. The van der Waals surface area contributed by atoms with Crippen LogP contribution in [-0.2, 0) is 0 Å². The molecule has 100 valence electrons. The molecular formula is C15H23NO2. The Morgan fingerprint density at radius 2 is 2.11 bits per heavy atom. The lowest BCUT2D eigenvalue weighted by Gasteiger charge is -2.17. The second-order valence-corrected chi connectivity index (χ2v) is 5.63. The number of aliphatic hydroxyl groups excluding tert-OH is 1. The van der Waals surface area contributed by atoms with Crippen molar-refractivity contribution in [1.29, 1.82) is 0 Å². The van der Waals surface area contributed by atoms with Crippen LogP contribution in [0.3, 0.4) is 0 Å². The summed E-state index contributed by atoms with van der Waals surface area (Å²) in [5.74, 6) is 1.37. The predicted molar refractivity (Wildman–Crippen MR) is 74.3 cm³/mol. The maximum Gasteiger partial charge on any atom is 0.141 e. The summed E-state index contributed by atoms with van der Waals surface area (Å²) in [6.07, 6.45) is 2.23. The van der Waals surface area contributed by atoms with E-state index >= 15 is 0 Å². The van der Waals surface area contributed by atoms with E-state index in [4.69, 9.17) is 4.74 Å². The fraction of sp³-hybridized carbons (Fsp3) is 0.600. The molecular weight excluding hydrogens is 226 g/mol. The van der Waals surface area contributed by atoms with Gasteiger partial charge in [0, 0.05) is 12.0 Å². The van der Waals surface area contributed by atoms with Gasteiger partial charge in [0.25, 0.3) is 0 Å². The molecule has 1 aliphatic rings. The van der Waals surface area contributed by atoms with Gasteiger partial charge in [-0.05, 0) is 36.5 Å². The Labute approximate surface area is 109 Å². The van der Waals surface area contributed by atoms with Gasteiger partial charge in [-0.25, -0.2) is 0 Å². The molecule has 0 atom stereocenters. The monoisotopic (exact) mass is 249 g/mol. The molecule has 3 nitrogen and oxygen atoms in total. The van der Waals surface area contributed by atoms with E-state index in [2.05, 4.69) is 31.3 Å². The summed E-state index contributed by atoms with van der Waals surface area (Å²) in [7, 11) is 1.69. The van der Waals surface area contributed by atoms with Gasteiger partial charge in [0.1, 0.15) is 5.75 Å². The van der Waals surface area contributed by atoms with E-state index in [9.17, 15) is 5.11 Å². The molecule has 1 aromatic carbocycles. The molecule has 0 radical (unpaired) electrons. The summed E-state index contributed by atoms with van der Waals surface area (Å²) < 4.78 is 5.37. The number of anilines is 1. The van der Waals surface area contributed by atoms with Crippen LogP contribution in [0.15, 0.2) is 18.2 Å². The van der Waals surface area contributed by atoms with E-state index in [0.717, 1.165) is 30.8 Å². The van der Waals surface area contributed by atoms with Crippen LogP contribution in [0.1, 0.15) is 38.2 Å². The molecule has 0 heterocycles. The third-order valence-electron chi connectivity index (χ3n) is 3.84. The van der Waals surface area contributed by atoms with Crippen molar-refractivity contribution >= 4 is 5.69 Å². The third kappa shape index (κ3) is 2.78. The van der Waals surface area contributed by atoms with Crippen LogP contribution >= 0.6 is 0 Å². The van der Waals surface area contributed by atoms with Crippen molar-refractivity contribution in [1.82, 2.24) is 0 Å². The number of hydrogen-bond acceptors (Lipinski definition) is 3. The SMILES string of the molecule is COc1ccc(C(C)C)cc1NCC1(CO)CC1. The fourth-order valence-corrected chi connectivity index (χ4v) is 2.07. The number of aliphatic hydroxyl groups is 1. The standard InChI is InChI=1S/C15H23NO2/c1-11(2)12-4-5-14(18-3)13(8-12)16-9-15(10-17)6-7-15/h4-5,8,11,16-17H,6-7,9-10H2,1-3H3. The molecule has 0 saturated heterocycles. The predicted octanol–water partition coefficient (Wildman–Crippen LogP) is 3.00. The molecule has 0 bridgehead atoms. The van der Waals surface area contributed by atoms with E-state index in [0.29, 0.717) is 5.92 Å². The van der Waals surface area contributed by atoms with Gasteiger partial charge in [0.15, 0.2) is 0 Å². The first-order valence-corrected chi connectivity index (χ1v) is 6.63. The van der Waals surface area contributed by atoms with Crippen molar-refractivity contribution in [3.8, 4) is 5.75 Å². The first-order valence-electron chi connectivity index (χ1n) is 6.63. The number of nitrogens with one attached hydrogen (secondary N) is 1. The average molecular weight is 249 g/mol. The Morgan fingerprint density at radius 3 is 2.61 bits per heavy atom. The summed E-state index contributed by atoms with van der Waals surface area (Å²) in [6, 6.07) is 6.26. The lowest BCUT2D eigenvalue weighted by Crippen LogP contribution is -2.19. The number of benzene rings is 1. The van der Waals surface area contributed by atoms with E-state index in [1.54, 1.807) is 7.11 Å². The summed E-state index contributed by atoms with van der Waals surface area (Å²) >= 11 is 0. The minimum atomic E-state index is 0.110. The van der Waals surface area contributed by atoms with E-state index in [1.807, 2.05) is 6.07 Å². The van der Waals surface area contributed by atoms with Crippen LogP contribution in [0.25, 0.3) is 0 Å². The van der Waals surface area contributed by atoms with Gasteiger partial charge in [-0.1, -0.05) is 19.9 Å². The molecule has 18 heavy (non-hydrogen) atoms. The minimum absolute atomic E-state index is 0.110. The zero-order valence-electron chi connectivity index (χ0n) is 11.5. The molecule has 2 rings (SSSR count). The van der Waals surface area contributed by atoms with E-state index in [-0.39, 0.29) is 12.0 Å². The van der Waals surface area contributed by atoms with Crippen LogP contribution in [0.5, 0.6) is 5.75 Å². The first-order chi connectivity index (χ1) is 8.60. The molecule has 1 saturated carbocycles. The van der Waals surface area contributed by atoms with Gasteiger partial charge >= 0.3 is 0 Å². The van der Waals surface area contributed by atoms with Gasteiger partial charge in [-0.3, -0.25) is 0 Å². The largest absolute Gasteiger partial charge is 0.495 e. The van der Waals surface area contributed by atoms with E-state index < -0.39 is 0 Å². The minimum Gasteiger partial charge on any atom is -0.495 e. The second-order valence-electron chi connectivity index (χ2n) is 5.63.